The highest BCUT2D eigenvalue weighted by atomic mass is 35.5. The third-order valence-electron chi connectivity index (χ3n) is 5.83. The van der Waals surface area contributed by atoms with Gasteiger partial charge < -0.3 is 0 Å². The molecule has 1 saturated carbocycles. The monoisotopic (exact) mass is 340 g/mol. The van der Waals surface area contributed by atoms with E-state index in [1.807, 2.05) is 0 Å². The molecule has 0 aliphatic heterocycles. The van der Waals surface area contributed by atoms with Crippen molar-refractivity contribution in [2.45, 2.75) is 57.8 Å². The third-order valence-corrected chi connectivity index (χ3v) is 6.08. The minimum absolute atomic E-state index is 0.379. The first kappa shape index (κ1) is 17.5. The van der Waals surface area contributed by atoms with E-state index in [-0.39, 0.29) is 0 Å². The molecule has 24 heavy (non-hydrogen) atoms. The van der Waals surface area contributed by atoms with Crippen LogP contribution in [0.2, 0.25) is 5.02 Å². The smallest absolute Gasteiger partial charge is 0.0406 e. The fourth-order valence-electron chi connectivity index (χ4n) is 4.45. The predicted octanol–water partition coefficient (Wildman–Crippen LogP) is 7.06. The van der Waals surface area contributed by atoms with Crippen LogP contribution < -0.4 is 0 Å². The molecule has 0 amide bonds. The van der Waals surface area contributed by atoms with E-state index in [4.69, 9.17) is 11.6 Å². The molecule has 128 valence electrons. The minimum Gasteiger partial charge on any atom is -0.0843 e. The highest BCUT2D eigenvalue weighted by Gasteiger charge is 2.44. The molecule has 2 aromatic rings. The molecule has 0 heterocycles. The first-order valence-electron chi connectivity index (χ1n) is 9.40. The van der Waals surface area contributed by atoms with E-state index in [0.717, 1.165) is 16.9 Å². The van der Waals surface area contributed by atoms with Crippen molar-refractivity contribution in [2.75, 3.05) is 0 Å². The number of hydrogen-bond acceptors (Lipinski definition) is 0. The molecular weight excluding hydrogens is 312 g/mol. The van der Waals surface area contributed by atoms with Gasteiger partial charge in [0.25, 0.3) is 0 Å². The zero-order chi connectivity index (χ0) is 17.0. The lowest BCUT2D eigenvalue weighted by Crippen LogP contribution is -2.42. The first-order valence-corrected chi connectivity index (χ1v) is 9.78. The van der Waals surface area contributed by atoms with E-state index in [2.05, 4.69) is 68.4 Å². The number of hydrogen-bond donors (Lipinski definition) is 0. The zero-order valence-electron chi connectivity index (χ0n) is 15.0. The molecule has 0 spiro atoms. The molecule has 1 aliphatic rings. The zero-order valence-corrected chi connectivity index (χ0v) is 15.7. The highest BCUT2D eigenvalue weighted by Crippen LogP contribution is 2.52. The molecule has 0 radical (unpaired) electrons. The van der Waals surface area contributed by atoms with Gasteiger partial charge in [-0.05, 0) is 72.6 Å². The number of rotatable bonds is 7. The summed E-state index contributed by atoms with van der Waals surface area (Å²) in [6.45, 7) is 4.73. The summed E-state index contributed by atoms with van der Waals surface area (Å²) in [6.07, 6.45) is 7.82. The van der Waals surface area contributed by atoms with Crippen molar-refractivity contribution >= 4 is 11.6 Å². The van der Waals surface area contributed by atoms with Gasteiger partial charge in [-0.3, -0.25) is 0 Å². The highest BCUT2D eigenvalue weighted by molar-refractivity contribution is 6.30. The van der Waals surface area contributed by atoms with Crippen LogP contribution in [0.1, 0.15) is 57.1 Å². The Morgan fingerprint density at radius 2 is 1.62 bits per heavy atom. The third kappa shape index (κ3) is 3.86. The maximum atomic E-state index is 6.13. The van der Waals surface area contributed by atoms with E-state index >= 15 is 0 Å². The molecule has 3 rings (SSSR count). The van der Waals surface area contributed by atoms with Gasteiger partial charge in [-0.2, -0.15) is 0 Å². The number of benzene rings is 2. The maximum Gasteiger partial charge on any atom is 0.0406 e. The van der Waals surface area contributed by atoms with Crippen LogP contribution in [0.4, 0.5) is 0 Å². The number of aryl methyl sites for hydroxylation is 1. The summed E-state index contributed by atoms with van der Waals surface area (Å²) in [4.78, 5) is 0. The van der Waals surface area contributed by atoms with Crippen LogP contribution >= 0.6 is 11.6 Å². The molecule has 2 aromatic carbocycles. The van der Waals surface area contributed by atoms with Crippen LogP contribution in [0.5, 0.6) is 0 Å². The van der Waals surface area contributed by atoms with Gasteiger partial charge in [-0.25, -0.2) is 0 Å². The molecule has 1 unspecified atom stereocenters. The molecular formula is C23H29Cl. The van der Waals surface area contributed by atoms with Gasteiger partial charge in [-0.1, -0.05) is 74.3 Å². The van der Waals surface area contributed by atoms with Crippen molar-refractivity contribution < 1.29 is 0 Å². The van der Waals surface area contributed by atoms with Crippen molar-refractivity contribution in [1.29, 1.82) is 0 Å². The van der Waals surface area contributed by atoms with E-state index in [0.29, 0.717) is 5.41 Å². The van der Waals surface area contributed by atoms with Crippen LogP contribution in [0.25, 0.3) is 0 Å². The average molecular weight is 341 g/mol. The summed E-state index contributed by atoms with van der Waals surface area (Å²) < 4.78 is 0. The van der Waals surface area contributed by atoms with Crippen LogP contribution in [0.3, 0.4) is 0 Å². The minimum atomic E-state index is 0.379. The van der Waals surface area contributed by atoms with Crippen LogP contribution in [-0.2, 0) is 11.8 Å². The lowest BCUT2D eigenvalue weighted by Gasteiger charge is -2.49. The molecule has 1 fully saturated rings. The summed E-state index contributed by atoms with van der Waals surface area (Å²) >= 11 is 6.13. The van der Waals surface area contributed by atoms with Crippen molar-refractivity contribution in [2.24, 2.45) is 11.8 Å². The fraction of sp³-hybridized carbons (Fsp3) is 0.478. The molecule has 0 nitrogen and oxygen atoms in total. The van der Waals surface area contributed by atoms with Gasteiger partial charge in [0.05, 0.1) is 0 Å². The van der Waals surface area contributed by atoms with E-state index in [1.165, 1.54) is 49.7 Å². The second-order valence-electron chi connectivity index (χ2n) is 7.87. The Hall–Kier alpha value is -1.27. The Bertz CT molecular complexity index is 623. The van der Waals surface area contributed by atoms with E-state index in [1.54, 1.807) is 0 Å². The Kier molecular flexibility index (Phi) is 5.66. The second kappa shape index (κ2) is 7.74. The molecule has 0 N–H and O–H groups in total. The largest absolute Gasteiger partial charge is 0.0843 e. The Balaban J connectivity index is 1.81. The normalized spacial score (nSPS) is 17.5. The van der Waals surface area contributed by atoms with Gasteiger partial charge >= 0.3 is 0 Å². The van der Waals surface area contributed by atoms with Gasteiger partial charge in [0.15, 0.2) is 0 Å². The SMILES string of the molecule is CC(C)CC(CCc1ccccc1)C1(c2ccc(Cl)cc2)CCC1. The molecule has 0 aromatic heterocycles. The van der Waals surface area contributed by atoms with Gasteiger partial charge in [-0.15, -0.1) is 0 Å². The summed E-state index contributed by atoms with van der Waals surface area (Å²) in [7, 11) is 0. The fourth-order valence-corrected chi connectivity index (χ4v) is 4.57. The first-order chi connectivity index (χ1) is 11.6. The summed E-state index contributed by atoms with van der Waals surface area (Å²) in [5.41, 5.74) is 3.36. The average Bonchev–Trinajstić information content (AvgIpc) is 2.53. The van der Waals surface area contributed by atoms with Gasteiger partial charge in [0, 0.05) is 5.02 Å². The standard InChI is InChI=1S/C23H29Cl/c1-18(2)17-21(10-9-19-7-4-3-5-8-19)23(15-6-16-23)20-11-13-22(24)14-12-20/h3-5,7-8,11-14,18,21H,6,9-10,15-17H2,1-2H3. The summed E-state index contributed by atoms with van der Waals surface area (Å²) in [6, 6.07) is 19.6. The molecule has 1 aliphatic carbocycles. The van der Waals surface area contributed by atoms with Crippen molar-refractivity contribution in [3.8, 4) is 0 Å². The topological polar surface area (TPSA) is 0 Å². The lowest BCUT2D eigenvalue weighted by molar-refractivity contribution is 0.117. The predicted molar refractivity (Wildman–Crippen MR) is 105 cm³/mol. The molecule has 0 saturated heterocycles. The maximum absolute atomic E-state index is 6.13. The quantitative estimate of drug-likeness (QED) is 0.506. The molecule has 1 heteroatoms. The van der Waals surface area contributed by atoms with Crippen LogP contribution in [0.15, 0.2) is 54.6 Å². The summed E-state index contributed by atoms with van der Waals surface area (Å²) in [5.74, 6) is 1.50. The Morgan fingerprint density at radius 3 is 2.17 bits per heavy atom. The van der Waals surface area contributed by atoms with E-state index < -0.39 is 0 Å². The van der Waals surface area contributed by atoms with Crippen molar-refractivity contribution in [3.05, 3.63) is 70.7 Å². The van der Waals surface area contributed by atoms with Crippen LogP contribution in [0, 0.1) is 11.8 Å². The Labute approximate surface area is 152 Å². The van der Waals surface area contributed by atoms with Gasteiger partial charge in [0.1, 0.15) is 0 Å². The van der Waals surface area contributed by atoms with E-state index in [9.17, 15) is 0 Å². The summed E-state index contributed by atoms with van der Waals surface area (Å²) in [5, 5.41) is 0.845. The molecule has 1 atom stereocenters. The lowest BCUT2D eigenvalue weighted by atomic mass is 9.55. The Morgan fingerprint density at radius 1 is 0.958 bits per heavy atom. The van der Waals surface area contributed by atoms with Crippen LogP contribution in [-0.4, -0.2) is 0 Å². The van der Waals surface area contributed by atoms with Crippen molar-refractivity contribution in [1.82, 2.24) is 0 Å². The number of halogens is 1. The molecule has 0 bridgehead atoms. The van der Waals surface area contributed by atoms with Crippen molar-refractivity contribution in [3.63, 3.8) is 0 Å². The second-order valence-corrected chi connectivity index (χ2v) is 8.30. The van der Waals surface area contributed by atoms with Gasteiger partial charge in [0.2, 0.25) is 0 Å².